The fraction of sp³-hybridized carbons (Fsp3) is 0.333. The first-order valence-corrected chi connectivity index (χ1v) is 8.08. The molecule has 0 saturated heterocycles. The zero-order chi connectivity index (χ0) is 14.9. The minimum atomic E-state index is 0.429. The maximum atomic E-state index is 8.74. The lowest BCUT2D eigenvalue weighted by atomic mass is 10.1. The Hall–Kier alpha value is -2.46. The van der Waals surface area contributed by atoms with E-state index in [2.05, 4.69) is 37.5 Å². The van der Waals surface area contributed by atoms with Crippen molar-refractivity contribution in [3.05, 3.63) is 34.4 Å². The molecule has 3 aromatic rings. The van der Waals surface area contributed by atoms with Crippen LogP contribution in [0.15, 0.2) is 24.0 Å². The lowest BCUT2D eigenvalue weighted by Gasteiger charge is -2.28. The summed E-state index contributed by atoms with van der Waals surface area (Å²) in [4.78, 5) is 12.6. The molecule has 4 rings (SSSR count). The average molecular weight is 310 g/mol. The third kappa shape index (κ3) is 2.12. The van der Waals surface area contributed by atoms with Crippen molar-refractivity contribution < 1.29 is 0 Å². The van der Waals surface area contributed by atoms with Crippen molar-refractivity contribution in [2.24, 2.45) is 0 Å². The molecule has 4 heterocycles. The quantitative estimate of drug-likeness (QED) is 0.742. The highest BCUT2D eigenvalue weighted by Gasteiger charge is 2.21. The van der Waals surface area contributed by atoms with Gasteiger partial charge in [0.25, 0.3) is 0 Å². The number of aryl methyl sites for hydroxylation is 1. The van der Waals surface area contributed by atoms with Crippen molar-refractivity contribution in [3.63, 3.8) is 0 Å². The van der Waals surface area contributed by atoms with Crippen LogP contribution in [0.2, 0.25) is 0 Å². The zero-order valence-corrected chi connectivity index (χ0v) is 12.8. The Kier molecular flexibility index (Phi) is 3.24. The molecule has 0 amide bonds. The summed E-state index contributed by atoms with van der Waals surface area (Å²) in [6.07, 6.45) is 4.88. The van der Waals surface area contributed by atoms with E-state index >= 15 is 0 Å². The number of anilines is 1. The van der Waals surface area contributed by atoms with E-state index in [-0.39, 0.29) is 0 Å². The maximum Gasteiger partial charge on any atom is 0.163 e. The third-order valence-corrected chi connectivity index (χ3v) is 4.98. The van der Waals surface area contributed by atoms with Gasteiger partial charge in [-0.3, -0.25) is 0 Å². The number of nitriles is 1. The van der Waals surface area contributed by atoms with Crippen LogP contribution in [0.1, 0.15) is 16.9 Å². The second-order valence-electron chi connectivity index (χ2n) is 5.25. The Balaban J connectivity index is 1.71. The van der Waals surface area contributed by atoms with Crippen molar-refractivity contribution in [2.45, 2.75) is 25.9 Å². The van der Waals surface area contributed by atoms with Crippen LogP contribution in [0.25, 0.3) is 11.0 Å². The van der Waals surface area contributed by atoms with Crippen LogP contribution in [0, 0.1) is 11.3 Å². The van der Waals surface area contributed by atoms with Gasteiger partial charge in [-0.15, -0.1) is 11.3 Å². The second-order valence-corrected chi connectivity index (χ2v) is 6.25. The second kappa shape index (κ2) is 5.39. The summed E-state index contributed by atoms with van der Waals surface area (Å²) in [6, 6.07) is 4.34. The molecule has 6 nitrogen and oxygen atoms in total. The molecule has 7 heteroatoms. The minimum Gasteiger partial charge on any atom is -0.351 e. The van der Waals surface area contributed by atoms with Gasteiger partial charge in [-0.05, 0) is 23.4 Å². The molecular weight excluding hydrogens is 296 g/mol. The Morgan fingerprint density at radius 3 is 3.23 bits per heavy atom. The van der Waals surface area contributed by atoms with Crippen LogP contribution in [0.3, 0.4) is 0 Å². The topological polar surface area (TPSA) is 70.6 Å². The number of nitrogens with zero attached hydrogens (tertiary/aromatic N) is 6. The highest BCUT2D eigenvalue weighted by molar-refractivity contribution is 7.10. The molecule has 22 heavy (non-hydrogen) atoms. The Morgan fingerprint density at radius 2 is 2.32 bits per heavy atom. The van der Waals surface area contributed by atoms with E-state index < -0.39 is 0 Å². The van der Waals surface area contributed by atoms with E-state index in [4.69, 9.17) is 5.26 Å². The van der Waals surface area contributed by atoms with E-state index in [1.54, 1.807) is 11.0 Å². The number of fused-ring (bicyclic) bond motifs is 2. The number of hydrogen-bond acceptors (Lipinski definition) is 6. The highest BCUT2D eigenvalue weighted by atomic mass is 32.1. The summed E-state index contributed by atoms with van der Waals surface area (Å²) < 4.78 is 1.78. The summed E-state index contributed by atoms with van der Waals surface area (Å²) in [7, 11) is 0. The summed E-state index contributed by atoms with van der Waals surface area (Å²) in [5.74, 6) is 0.935. The van der Waals surface area contributed by atoms with Crippen molar-refractivity contribution in [1.29, 1.82) is 5.26 Å². The molecular formula is C15H14N6S. The summed E-state index contributed by atoms with van der Waals surface area (Å²) in [6.45, 7) is 2.41. The SMILES string of the molecule is N#CCCn1ncc2c(N3CCc4sccc4C3)ncnc21. The van der Waals surface area contributed by atoms with Gasteiger partial charge in [-0.1, -0.05) is 0 Å². The standard InChI is InChI=1S/C15H14N6S/c16-4-1-5-21-15-12(8-19-21)14(17-10-18-15)20-6-2-13-11(9-20)3-7-22-13/h3,7-8,10H,1-2,5-6,9H2. The molecule has 0 fully saturated rings. The van der Waals surface area contributed by atoms with Crippen molar-refractivity contribution in [1.82, 2.24) is 19.7 Å². The minimum absolute atomic E-state index is 0.429. The first kappa shape index (κ1) is 13.2. The highest BCUT2D eigenvalue weighted by Crippen LogP contribution is 2.30. The molecule has 3 aromatic heterocycles. The lowest BCUT2D eigenvalue weighted by Crippen LogP contribution is -2.30. The molecule has 0 bridgehead atoms. The van der Waals surface area contributed by atoms with Gasteiger partial charge in [0.05, 0.1) is 30.6 Å². The summed E-state index contributed by atoms with van der Waals surface area (Å²) in [5.41, 5.74) is 2.19. The number of thiophene rings is 1. The van der Waals surface area contributed by atoms with Crippen LogP contribution in [-0.4, -0.2) is 26.3 Å². The van der Waals surface area contributed by atoms with Gasteiger partial charge in [0.15, 0.2) is 5.65 Å². The van der Waals surface area contributed by atoms with Gasteiger partial charge < -0.3 is 4.90 Å². The van der Waals surface area contributed by atoms with Crippen LogP contribution in [0.4, 0.5) is 5.82 Å². The number of rotatable bonds is 3. The van der Waals surface area contributed by atoms with E-state index in [9.17, 15) is 0 Å². The molecule has 0 spiro atoms. The van der Waals surface area contributed by atoms with E-state index in [0.717, 1.165) is 36.4 Å². The smallest absolute Gasteiger partial charge is 0.163 e. The number of hydrogen-bond donors (Lipinski definition) is 0. The molecule has 0 atom stereocenters. The molecule has 0 aromatic carbocycles. The Labute approximate surface area is 131 Å². The Bertz CT molecular complexity index is 858. The molecule has 1 aliphatic rings. The predicted octanol–water partition coefficient (Wildman–Crippen LogP) is 2.36. The van der Waals surface area contributed by atoms with Crippen LogP contribution in [0.5, 0.6) is 0 Å². The van der Waals surface area contributed by atoms with Crippen molar-refractivity contribution >= 4 is 28.2 Å². The predicted molar refractivity (Wildman–Crippen MR) is 84.6 cm³/mol. The maximum absolute atomic E-state index is 8.74. The fourth-order valence-electron chi connectivity index (χ4n) is 2.88. The third-order valence-electron chi connectivity index (χ3n) is 3.96. The zero-order valence-electron chi connectivity index (χ0n) is 11.9. The molecule has 0 radical (unpaired) electrons. The normalized spacial score (nSPS) is 14.0. The van der Waals surface area contributed by atoms with Crippen molar-refractivity contribution in [3.8, 4) is 6.07 Å². The van der Waals surface area contributed by atoms with Gasteiger partial charge in [-0.2, -0.15) is 10.4 Å². The Morgan fingerprint density at radius 1 is 1.36 bits per heavy atom. The van der Waals surface area contributed by atoms with Crippen molar-refractivity contribution in [2.75, 3.05) is 11.4 Å². The molecule has 0 unspecified atom stereocenters. The largest absolute Gasteiger partial charge is 0.351 e. The fourth-order valence-corrected chi connectivity index (χ4v) is 3.77. The van der Waals surface area contributed by atoms with Gasteiger partial charge in [0, 0.05) is 18.0 Å². The van der Waals surface area contributed by atoms with Gasteiger partial charge in [0.2, 0.25) is 0 Å². The lowest BCUT2D eigenvalue weighted by molar-refractivity contribution is 0.643. The van der Waals surface area contributed by atoms with Gasteiger partial charge >= 0.3 is 0 Å². The number of aromatic nitrogens is 4. The molecule has 0 saturated carbocycles. The first-order chi connectivity index (χ1) is 10.9. The van der Waals surface area contributed by atoms with Crippen LogP contribution < -0.4 is 4.90 Å². The van der Waals surface area contributed by atoms with Crippen LogP contribution >= 0.6 is 11.3 Å². The van der Waals surface area contributed by atoms with E-state index in [0.29, 0.717) is 13.0 Å². The molecule has 1 aliphatic heterocycles. The molecule has 0 aliphatic carbocycles. The summed E-state index contributed by atoms with van der Waals surface area (Å²) in [5, 5.41) is 16.2. The van der Waals surface area contributed by atoms with E-state index in [1.165, 1.54) is 10.4 Å². The first-order valence-electron chi connectivity index (χ1n) is 7.20. The van der Waals surface area contributed by atoms with E-state index in [1.807, 2.05) is 17.5 Å². The monoisotopic (exact) mass is 310 g/mol. The summed E-state index contributed by atoms with van der Waals surface area (Å²) >= 11 is 1.83. The molecule has 0 N–H and O–H groups in total. The van der Waals surface area contributed by atoms with Crippen LogP contribution in [-0.2, 0) is 19.5 Å². The van der Waals surface area contributed by atoms with Gasteiger partial charge in [-0.25, -0.2) is 14.6 Å². The van der Waals surface area contributed by atoms with Gasteiger partial charge in [0.1, 0.15) is 12.1 Å². The molecule has 110 valence electrons. The average Bonchev–Trinajstić information content (AvgIpc) is 3.18.